The fourth-order valence-electron chi connectivity index (χ4n) is 2.31. The Labute approximate surface area is 70.7 Å². The normalized spacial score (nSPS) is 37.0. The van der Waals surface area contributed by atoms with Crippen LogP contribution in [0.15, 0.2) is 12.2 Å². The number of allylic oxidation sites excluding steroid dienone is 2. The van der Waals surface area contributed by atoms with Gasteiger partial charge >= 0.3 is 0 Å². The van der Waals surface area contributed by atoms with Crippen molar-refractivity contribution in [3.63, 3.8) is 0 Å². The zero-order chi connectivity index (χ0) is 8.48. The van der Waals surface area contributed by atoms with Crippen LogP contribution in [0.5, 0.6) is 0 Å². The van der Waals surface area contributed by atoms with Crippen molar-refractivity contribution in [1.82, 2.24) is 0 Å². The Kier molecular flexibility index (Phi) is 2.41. The molecule has 0 saturated heterocycles. The van der Waals surface area contributed by atoms with Crippen molar-refractivity contribution >= 4 is 0 Å². The molecule has 2 unspecified atom stereocenters. The van der Waals surface area contributed by atoms with Crippen LogP contribution in [-0.2, 0) is 0 Å². The Morgan fingerprint density at radius 3 is 2.45 bits per heavy atom. The lowest BCUT2D eigenvalue weighted by molar-refractivity contribution is 0.401. The molecule has 0 amide bonds. The summed E-state index contributed by atoms with van der Waals surface area (Å²) in [6.07, 6.45) is 7.41. The zero-order valence-corrected chi connectivity index (χ0v) is 8.22. The Morgan fingerprint density at radius 2 is 2.18 bits per heavy atom. The van der Waals surface area contributed by atoms with Crippen molar-refractivity contribution in [3.05, 3.63) is 12.2 Å². The van der Waals surface area contributed by atoms with Crippen LogP contribution in [0, 0.1) is 17.3 Å². The third-order valence-electron chi connectivity index (χ3n) is 3.24. The van der Waals surface area contributed by atoms with Crippen LogP contribution in [0.3, 0.4) is 0 Å². The second-order valence-electron chi connectivity index (χ2n) is 4.08. The van der Waals surface area contributed by atoms with Crippen LogP contribution in [0.4, 0.5) is 0 Å². The van der Waals surface area contributed by atoms with Gasteiger partial charge in [-0.1, -0.05) is 39.3 Å². The molecule has 1 aliphatic carbocycles. The van der Waals surface area contributed by atoms with E-state index in [4.69, 9.17) is 0 Å². The molecule has 0 aromatic carbocycles. The average Bonchev–Trinajstić information content (AvgIpc) is 2.65. The van der Waals surface area contributed by atoms with Crippen LogP contribution in [0.25, 0.3) is 0 Å². The van der Waals surface area contributed by atoms with Gasteiger partial charge in [0.25, 0.3) is 0 Å². The first kappa shape index (κ1) is 8.83. The van der Waals surface area contributed by atoms with Gasteiger partial charge in [0.2, 0.25) is 0 Å². The highest BCUT2D eigenvalue weighted by Gasteiger charge is 2.52. The number of hydrogen-bond donors (Lipinski definition) is 0. The minimum Gasteiger partial charge on any atom is -0.0911 e. The third kappa shape index (κ3) is 1.36. The minimum absolute atomic E-state index is 0.587. The highest BCUT2D eigenvalue weighted by molar-refractivity contribution is 5.15. The first-order valence-corrected chi connectivity index (χ1v) is 4.81. The van der Waals surface area contributed by atoms with E-state index < -0.39 is 0 Å². The second kappa shape index (κ2) is 3.00. The van der Waals surface area contributed by atoms with Crippen LogP contribution < -0.4 is 0 Å². The van der Waals surface area contributed by atoms with E-state index in [1.165, 1.54) is 12.8 Å². The van der Waals surface area contributed by atoms with Gasteiger partial charge in [0.1, 0.15) is 0 Å². The van der Waals surface area contributed by atoms with E-state index in [1.54, 1.807) is 0 Å². The largest absolute Gasteiger partial charge is 0.0911 e. The van der Waals surface area contributed by atoms with Crippen LogP contribution in [0.1, 0.15) is 40.5 Å². The molecule has 0 aromatic heterocycles. The van der Waals surface area contributed by atoms with Gasteiger partial charge in [0.15, 0.2) is 0 Å². The summed E-state index contributed by atoms with van der Waals surface area (Å²) in [5, 5.41) is 0. The van der Waals surface area contributed by atoms with Crippen molar-refractivity contribution in [2.45, 2.75) is 40.5 Å². The highest BCUT2D eigenvalue weighted by atomic mass is 14.6. The van der Waals surface area contributed by atoms with Gasteiger partial charge in [-0.25, -0.2) is 0 Å². The summed E-state index contributed by atoms with van der Waals surface area (Å²) >= 11 is 0. The molecule has 1 aliphatic rings. The van der Waals surface area contributed by atoms with E-state index >= 15 is 0 Å². The zero-order valence-electron chi connectivity index (χ0n) is 8.22. The molecular formula is C11H20. The molecule has 0 bridgehead atoms. The summed E-state index contributed by atoms with van der Waals surface area (Å²) in [7, 11) is 0. The molecule has 0 heterocycles. The molecule has 0 aliphatic heterocycles. The van der Waals surface area contributed by atoms with Gasteiger partial charge in [-0.15, -0.1) is 0 Å². The number of hydrogen-bond acceptors (Lipinski definition) is 0. The quantitative estimate of drug-likeness (QED) is 0.542. The topological polar surface area (TPSA) is 0 Å². The molecule has 0 N–H and O–H groups in total. The molecule has 11 heavy (non-hydrogen) atoms. The Bertz CT molecular complexity index is 155. The molecule has 1 rings (SSSR count). The molecule has 0 nitrogen and oxygen atoms in total. The fourth-order valence-corrected chi connectivity index (χ4v) is 2.31. The van der Waals surface area contributed by atoms with E-state index in [9.17, 15) is 0 Å². The summed E-state index contributed by atoms with van der Waals surface area (Å²) in [5.41, 5.74) is 0.587. The third-order valence-corrected chi connectivity index (χ3v) is 3.24. The predicted octanol–water partition coefficient (Wildman–Crippen LogP) is 3.63. The predicted molar refractivity (Wildman–Crippen MR) is 50.5 cm³/mol. The maximum Gasteiger partial charge on any atom is -0.00640 e. The van der Waals surface area contributed by atoms with Crippen molar-refractivity contribution in [1.29, 1.82) is 0 Å². The van der Waals surface area contributed by atoms with Crippen molar-refractivity contribution in [2.24, 2.45) is 17.3 Å². The summed E-state index contributed by atoms with van der Waals surface area (Å²) in [5.74, 6) is 1.79. The van der Waals surface area contributed by atoms with Crippen molar-refractivity contribution < 1.29 is 0 Å². The van der Waals surface area contributed by atoms with Gasteiger partial charge in [0, 0.05) is 0 Å². The molecule has 0 heteroatoms. The maximum absolute atomic E-state index is 2.42. The molecule has 1 fully saturated rings. The monoisotopic (exact) mass is 152 g/mol. The van der Waals surface area contributed by atoms with Gasteiger partial charge < -0.3 is 0 Å². The maximum atomic E-state index is 2.42. The standard InChI is InChI=1S/C11H20/c1-5-7-11(9(3)4)8-10(11)6-2/h5,7,9-10H,6,8H2,1-4H3. The second-order valence-corrected chi connectivity index (χ2v) is 4.08. The lowest BCUT2D eigenvalue weighted by Crippen LogP contribution is -2.08. The molecule has 64 valence electrons. The lowest BCUT2D eigenvalue weighted by Gasteiger charge is -2.16. The molecular weight excluding hydrogens is 132 g/mol. The first-order valence-electron chi connectivity index (χ1n) is 4.81. The SMILES string of the molecule is CC=CC1(C(C)C)CC1CC. The molecule has 0 radical (unpaired) electrons. The summed E-state index contributed by atoms with van der Waals surface area (Å²) < 4.78 is 0. The van der Waals surface area contributed by atoms with Crippen LogP contribution in [-0.4, -0.2) is 0 Å². The molecule has 2 atom stereocenters. The van der Waals surface area contributed by atoms with Gasteiger partial charge in [-0.3, -0.25) is 0 Å². The Morgan fingerprint density at radius 1 is 1.55 bits per heavy atom. The average molecular weight is 152 g/mol. The minimum atomic E-state index is 0.587. The van der Waals surface area contributed by atoms with E-state index in [0.29, 0.717) is 5.41 Å². The highest BCUT2D eigenvalue weighted by Crippen LogP contribution is 2.60. The van der Waals surface area contributed by atoms with Crippen molar-refractivity contribution in [2.75, 3.05) is 0 Å². The van der Waals surface area contributed by atoms with Gasteiger partial charge in [-0.05, 0) is 30.6 Å². The molecule has 0 aromatic rings. The lowest BCUT2D eigenvalue weighted by atomic mass is 9.89. The first-order chi connectivity index (χ1) is 5.17. The Balaban J connectivity index is 2.62. The molecule has 0 spiro atoms. The Hall–Kier alpha value is -0.260. The summed E-state index contributed by atoms with van der Waals surface area (Å²) in [6.45, 7) is 9.12. The van der Waals surface area contributed by atoms with E-state index in [-0.39, 0.29) is 0 Å². The summed E-state index contributed by atoms with van der Waals surface area (Å²) in [4.78, 5) is 0. The summed E-state index contributed by atoms with van der Waals surface area (Å²) in [6, 6.07) is 0. The van der Waals surface area contributed by atoms with Gasteiger partial charge in [-0.2, -0.15) is 0 Å². The van der Waals surface area contributed by atoms with E-state index in [1.807, 2.05) is 0 Å². The van der Waals surface area contributed by atoms with Crippen LogP contribution in [0.2, 0.25) is 0 Å². The van der Waals surface area contributed by atoms with Crippen molar-refractivity contribution in [3.8, 4) is 0 Å². The fraction of sp³-hybridized carbons (Fsp3) is 0.818. The van der Waals surface area contributed by atoms with E-state index in [0.717, 1.165) is 11.8 Å². The van der Waals surface area contributed by atoms with Crippen LogP contribution >= 0.6 is 0 Å². The number of rotatable bonds is 3. The van der Waals surface area contributed by atoms with E-state index in [2.05, 4.69) is 39.8 Å². The van der Waals surface area contributed by atoms with Gasteiger partial charge in [0.05, 0.1) is 0 Å². The molecule has 1 saturated carbocycles. The smallest absolute Gasteiger partial charge is 0.00640 e.